The molecule has 0 aliphatic heterocycles. The van der Waals surface area contributed by atoms with Gasteiger partial charge < -0.3 is 0 Å². The van der Waals surface area contributed by atoms with E-state index in [-0.39, 0.29) is 5.78 Å². The summed E-state index contributed by atoms with van der Waals surface area (Å²) in [5.41, 5.74) is 0.771. The monoisotopic (exact) mass is 155 g/mol. The quantitative estimate of drug-likeness (QED) is 0.575. The molecule has 0 radical (unpaired) electrons. The number of aromatic nitrogens is 2. The molecule has 0 aromatic carbocycles. The van der Waals surface area contributed by atoms with Crippen LogP contribution in [0.1, 0.15) is 29.0 Å². The van der Waals surface area contributed by atoms with Crippen molar-refractivity contribution in [1.82, 2.24) is 5.16 Å². The third kappa shape index (κ3) is 0.806. The molecule has 0 spiro atoms. The van der Waals surface area contributed by atoms with E-state index in [1.54, 1.807) is 0 Å². The molecule has 0 saturated heterocycles. The Hall–Kier alpha value is -1.39. The Morgan fingerprint density at radius 3 is 3.00 bits per heavy atom. The van der Waals surface area contributed by atoms with Gasteiger partial charge in [-0.15, -0.1) is 0 Å². The number of H-pyrrole nitrogens is 1. The fourth-order valence-electron chi connectivity index (χ4n) is 1.27. The molecule has 1 aromatic rings. The van der Waals surface area contributed by atoms with Crippen LogP contribution in [-0.4, -0.2) is 10.9 Å². The van der Waals surface area contributed by atoms with E-state index >= 15 is 0 Å². The average molecular weight is 155 g/mol. The molecule has 5 heteroatoms. The second kappa shape index (κ2) is 2.05. The van der Waals surface area contributed by atoms with Gasteiger partial charge in [-0.3, -0.25) is 4.79 Å². The van der Waals surface area contributed by atoms with Crippen LogP contribution < -0.4 is 4.60 Å². The van der Waals surface area contributed by atoms with Gasteiger partial charge in [0, 0.05) is 12.8 Å². The van der Waals surface area contributed by atoms with Gasteiger partial charge in [0.25, 0.3) is 11.4 Å². The van der Waals surface area contributed by atoms with Crippen molar-refractivity contribution in [2.45, 2.75) is 19.3 Å². The van der Waals surface area contributed by atoms with E-state index in [1.165, 1.54) is 0 Å². The molecule has 1 N–H and O–H groups in total. The highest BCUT2D eigenvalue weighted by Crippen LogP contribution is 2.14. The van der Waals surface area contributed by atoms with Gasteiger partial charge >= 0.3 is 0 Å². The van der Waals surface area contributed by atoms with E-state index in [2.05, 4.69) is 9.79 Å². The van der Waals surface area contributed by atoms with Crippen molar-refractivity contribution in [3.8, 4) is 0 Å². The van der Waals surface area contributed by atoms with Gasteiger partial charge in [0.1, 0.15) is 0 Å². The van der Waals surface area contributed by atoms with Gasteiger partial charge in [-0.1, -0.05) is 9.79 Å². The van der Waals surface area contributed by atoms with Gasteiger partial charge in [0.05, 0.1) is 0 Å². The molecular weight excluding hydrogens is 148 g/mol. The molecule has 1 heterocycles. The Labute approximate surface area is 61.5 Å². The van der Waals surface area contributed by atoms with Crippen LogP contribution in [0.25, 0.3) is 0 Å². The zero-order chi connectivity index (χ0) is 7.84. The zero-order valence-electron chi connectivity index (χ0n) is 5.79. The molecule has 0 bridgehead atoms. The smallest absolute Gasteiger partial charge is 0.258 e. The predicted octanol–water partition coefficient (Wildman–Crippen LogP) is 0.0412. The van der Waals surface area contributed by atoms with Gasteiger partial charge in [-0.05, 0) is 11.3 Å². The van der Waals surface area contributed by atoms with E-state index in [1.807, 2.05) is 0 Å². The highest BCUT2D eigenvalue weighted by molar-refractivity contribution is 5.95. The number of aromatic amines is 1. The summed E-state index contributed by atoms with van der Waals surface area (Å²) in [7, 11) is 0. The number of Topliss-reactive ketones (excluding diaryl/α,β-unsaturated/α-hetero) is 1. The second-order valence-corrected chi connectivity index (χ2v) is 2.55. The second-order valence-electron chi connectivity index (χ2n) is 2.55. The average Bonchev–Trinajstić information content (AvgIpc) is 2.35. The van der Waals surface area contributed by atoms with Gasteiger partial charge in [-0.25, -0.2) is 0 Å². The number of ketones is 1. The van der Waals surface area contributed by atoms with Crippen LogP contribution in [0.4, 0.5) is 0 Å². The molecule has 0 amide bonds. The molecule has 0 atom stereocenters. The van der Waals surface area contributed by atoms with Crippen LogP contribution in [-0.2, 0) is 6.42 Å². The number of hydrogen-bond donors (Lipinski definition) is 1. The molecule has 1 aromatic heterocycles. The molecule has 1 aliphatic rings. The fourth-order valence-corrected chi connectivity index (χ4v) is 1.27. The minimum atomic E-state index is -0.0374. The molecule has 0 saturated carbocycles. The largest absolute Gasteiger partial charge is 0.290 e. The van der Waals surface area contributed by atoms with Crippen LogP contribution in [0, 0.1) is 4.91 Å². The van der Waals surface area contributed by atoms with Crippen LogP contribution in [0.5, 0.6) is 0 Å². The number of rotatable bonds is 0. The van der Waals surface area contributed by atoms with Gasteiger partial charge in [0.15, 0.2) is 4.60 Å². The van der Waals surface area contributed by atoms with Crippen molar-refractivity contribution in [1.29, 1.82) is 0 Å². The molecule has 0 fully saturated rings. The number of nitrogens with one attached hydrogen (secondary N) is 1. The maximum atomic E-state index is 11.1. The molecular formula is C6H7N2O3+. The number of carbonyl (C=O) groups excluding carboxylic acids is 1. The Morgan fingerprint density at radius 2 is 2.27 bits per heavy atom. The van der Waals surface area contributed by atoms with Crippen LogP contribution in [0.3, 0.4) is 0 Å². The summed E-state index contributed by atoms with van der Waals surface area (Å²) in [6, 6.07) is 0. The Kier molecular flexibility index (Phi) is 1.18. The standard InChI is InChI=1S/C6H7N2O3/c9-5-3-1-2-4-6(5)7-11-8(4)10/h7H,1-3H2/q+1. The van der Waals surface area contributed by atoms with Crippen LogP contribution in [0.2, 0.25) is 0 Å². The molecule has 1 aliphatic carbocycles. The highest BCUT2D eigenvalue weighted by Gasteiger charge is 2.29. The third-order valence-corrected chi connectivity index (χ3v) is 1.84. The topological polar surface area (TPSA) is 69.0 Å². The van der Waals surface area contributed by atoms with Crippen molar-refractivity contribution in [2.75, 3.05) is 0 Å². The first-order chi connectivity index (χ1) is 5.29. The lowest BCUT2D eigenvalue weighted by Crippen LogP contribution is -2.21. The zero-order valence-corrected chi connectivity index (χ0v) is 5.79. The van der Waals surface area contributed by atoms with E-state index in [9.17, 15) is 9.70 Å². The van der Waals surface area contributed by atoms with Gasteiger partial charge in [0.2, 0.25) is 5.78 Å². The Balaban J connectivity index is 2.64. The van der Waals surface area contributed by atoms with Crippen molar-refractivity contribution < 1.29 is 14.0 Å². The first kappa shape index (κ1) is 6.33. The number of hydrogen-bond acceptors (Lipinski definition) is 3. The van der Waals surface area contributed by atoms with Crippen molar-refractivity contribution in [3.05, 3.63) is 16.3 Å². The summed E-state index contributed by atoms with van der Waals surface area (Å²) in [5, 5.41) is 2.30. The molecule has 0 unspecified atom stereocenters. The minimum Gasteiger partial charge on any atom is -0.290 e. The fraction of sp³-hybridized carbons (Fsp3) is 0.500. The summed E-state index contributed by atoms with van der Waals surface area (Å²) in [6.45, 7) is 0. The SMILES string of the molecule is O=C1CCCc2c1[nH]o[n+]2=O. The minimum absolute atomic E-state index is 0.0374. The van der Waals surface area contributed by atoms with Gasteiger partial charge in [-0.2, -0.15) is 0 Å². The molecule has 5 nitrogen and oxygen atoms in total. The Morgan fingerprint density at radius 1 is 1.45 bits per heavy atom. The highest BCUT2D eigenvalue weighted by atomic mass is 16.7. The van der Waals surface area contributed by atoms with Crippen LogP contribution >= 0.6 is 0 Å². The van der Waals surface area contributed by atoms with E-state index in [0.29, 0.717) is 28.8 Å². The molecule has 2 rings (SSSR count). The lowest BCUT2D eigenvalue weighted by atomic mass is 10.0. The van der Waals surface area contributed by atoms with Crippen molar-refractivity contribution in [2.24, 2.45) is 0 Å². The summed E-state index contributed by atoms with van der Waals surface area (Å²) in [5.74, 6) is -0.0374. The van der Waals surface area contributed by atoms with Crippen LogP contribution in [0.15, 0.2) is 4.63 Å². The summed E-state index contributed by atoms with van der Waals surface area (Å²) in [4.78, 5) is 21.8. The normalized spacial score (nSPS) is 16.5. The predicted molar refractivity (Wildman–Crippen MR) is 33.7 cm³/mol. The Bertz CT molecular complexity index is 349. The molecule has 11 heavy (non-hydrogen) atoms. The number of nitrogens with zero attached hydrogens (tertiary/aromatic N) is 1. The maximum Gasteiger partial charge on any atom is 0.258 e. The lowest BCUT2D eigenvalue weighted by molar-refractivity contribution is -0.719. The van der Waals surface area contributed by atoms with E-state index in [4.69, 9.17) is 0 Å². The maximum absolute atomic E-state index is 11.1. The van der Waals surface area contributed by atoms with Crippen molar-refractivity contribution in [3.63, 3.8) is 0 Å². The van der Waals surface area contributed by atoms with Crippen molar-refractivity contribution >= 4 is 5.78 Å². The first-order valence-corrected chi connectivity index (χ1v) is 3.45. The molecule has 58 valence electrons. The van der Waals surface area contributed by atoms with E-state index in [0.717, 1.165) is 6.42 Å². The number of carbonyl (C=O) groups is 1. The third-order valence-electron chi connectivity index (χ3n) is 1.84. The lowest BCUT2D eigenvalue weighted by Gasteiger charge is -1.99. The summed E-state index contributed by atoms with van der Waals surface area (Å²) >= 11 is 0. The summed E-state index contributed by atoms with van der Waals surface area (Å²) < 4.78 is 4.77. The first-order valence-electron chi connectivity index (χ1n) is 3.45. The number of fused-ring (bicyclic) bond motifs is 1. The van der Waals surface area contributed by atoms with E-state index < -0.39 is 0 Å². The summed E-state index contributed by atoms with van der Waals surface area (Å²) in [6.07, 6.45) is 1.86.